The predicted octanol–water partition coefficient (Wildman–Crippen LogP) is 3.83. The molecule has 1 aromatic heterocycles. The van der Waals surface area contributed by atoms with Crippen LogP contribution in [0.5, 0.6) is 0 Å². The Bertz CT molecular complexity index is 522. The van der Waals surface area contributed by atoms with Crippen LogP contribution in [0.2, 0.25) is 0 Å². The molecule has 16 heavy (non-hydrogen) atoms. The average molecular weight is 225 g/mol. The highest BCUT2D eigenvalue weighted by molar-refractivity contribution is 5.83. The molecule has 84 valence electrons. The molecule has 0 radical (unpaired) electrons. The summed E-state index contributed by atoms with van der Waals surface area (Å²) in [6.07, 6.45) is -2.90. The van der Waals surface area contributed by atoms with E-state index in [2.05, 4.69) is 11.6 Å². The van der Waals surface area contributed by atoms with Crippen molar-refractivity contribution >= 4 is 10.9 Å². The van der Waals surface area contributed by atoms with Crippen molar-refractivity contribution in [2.75, 3.05) is 0 Å². The minimum Gasteiger partial charge on any atom is -0.361 e. The van der Waals surface area contributed by atoms with Gasteiger partial charge in [0.2, 0.25) is 0 Å². The van der Waals surface area contributed by atoms with Gasteiger partial charge in [-0.3, -0.25) is 0 Å². The standard InChI is InChI=1S/C12H10F3N/c1-8(12(13,14)15)6-9-7-16-11-5-3-2-4-10(9)11/h2-5,7,16H,1,6H2. The Balaban J connectivity index is 2.32. The smallest absolute Gasteiger partial charge is 0.361 e. The molecule has 0 aliphatic carbocycles. The van der Waals surface area contributed by atoms with Crippen molar-refractivity contribution in [3.05, 3.63) is 48.2 Å². The maximum absolute atomic E-state index is 12.3. The second kappa shape index (κ2) is 3.70. The molecular weight excluding hydrogens is 215 g/mol. The number of nitrogens with one attached hydrogen (secondary N) is 1. The van der Waals surface area contributed by atoms with Crippen molar-refractivity contribution in [3.63, 3.8) is 0 Å². The number of fused-ring (bicyclic) bond motifs is 1. The van der Waals surface area contributed by atoms with Gasteiger partial charge in [-0.1, -0.05) is 24.8 Å². The summed E-state index contributed by atoms with van der Waals surface area (Å²) in [6, 6.07) is 7.26. The number of para-hydroxylation sites is 1. The summed E-state index contributed by atoms with van der Waals surface area (Å²) in [5.41, 5.74) is 0.739. The molecule has 1 nitrogen and oxygen atoms in total. The Morgan fingerprint density at radius 3 is 2.62 bits per heavy atom. The van der Waals surface area contributed by atoms with Gasteiger partial charge < -0.3 is 4.98 Å². The van der Waals surface area contributed by atoms with E-state index in [1.165, 1.54) is 0 Å². The first kappa shape index (κ1) is 10.8. The van der Waals surface area contributed by atoms with Crippen LogP contribution < -0.4 is 0 Å². The summed E-state index contributed by atoms with van der Waals surface area (Å²) in [6.45, 7) is 3.07. The zero-order valence-corrected chi connectivity index (χ0v) is 8.43. The van der Waals surface area contributed by atoms with Crippen LogP contribution in [-0.4, -0.2) is 11.2 Å². The van der Waals surface area contributed by atoms with E-state index >= 15 is 0 Å². The Morgan fingerprint density at radius 1 is 1.25 bits per heavy atom. The van der Waals surface area contributed by atoms with Gasteiger partial charge in [0.15, 0.2) is 0 Å². The number of benzene rings is 1. The minimum atomic E-state index is -4.32. The van der Waals surface area contributed by atoms with Crippen molar-refractivity contribution < 1.29 is 13.2 Å². The van der Waals surface area contributed by atoms with Gasteiger partial charge >= 0.3 is 6.18 Å². The number of halogens is 3. The Kier molecular flexibility index (Phi) is 2.50. The fraction of sp³-hybridized carbons (Fsp3) is 0.167. The topological polar surface area (TPSA) is 15.8 Å². The van der Waals surface area contributed by atoms with Crippen molar-refractivity contribution in [2.24, 2.45) is 0 Å². The van der Waals surface area contributed by atoms with Crippen LogP contribution in [0.4, 0.5) is 13.2 Å². The highest BCUT2D eigenvalue weighted by Crippen LogP contribution is 2.29. The lowest BCUT2D eigenvalue weighted by Gasteiger charge is -2.08. The molecule has 1 heterocycles. The summed E-state index contributed by atoms with van der Waals surface area (Å²) in [5.74, 6) is 0. The van der Waals surface area contributed by atoms with Crippen molar-refractivity contribution in [3.8, 4) is 0 Å². The highest BCUT2D eigenvalue weighted by Gasteiger charge is 2.31. The summed E-state index contributed by atoms with van der Waals surface area (Å²) in [4.78, 5) is 2.94. The molecule has 0 fully saturated rings. The van der Waals surface area contributed by atoms with E-state index < -0.39 is 11.7 Å². The molecule has 0 spiro atoms. The van der Waals surface area contributed by atoms with Gasteiger partial charge in [-0.2, -0.15) is 13.2 Å². The molecule has 1 aromatic carbocycles. The Labute approximate surface area is 90.6 Å². The Hall–Kier alpha value is -1.71. The molecule has 0 saturated carbocycles. The first-order valence-corrected chi connectivity index (χ1v) is 4.78. The van der Waals surface area contributed by atoms with Crippen molar-refractivity contribution in [1.29, 1.82) is 0 Å². The van der Waals surface area contributed by atoms with Crippen LogP contribution in [0.1, 0.15) is 5.56 Å². The summed E-state index contributed by atoms with van der Waals surface area (Å²) >= 11 is 0. The molecule has 0 atom stereocenters. The molecular formula is C12H10F3N. The fourth-order valence-electron chi connectivity index (χ4n) is 1.61. The third-order valence-corrected chi connectivity index (χ3v) is 2.48. The number of hydrogen-bond acceptors (Lipinski definition) is 0. The largest absolute Gasteiger partial charge is 0.412 e. The zero-order valence-electron chi connectivity index (χ0n) is 8.43. The van der Waals surface area contributed by atoms with E-state index in [0.717, 1.165) is 10.9 Å². The quantitative estimate of drug-likeness (QED) is 0.747. The van der Waals surface area contributed by atoms with Gasteiger partial charge in [-0.25, -0.2) is 0 Å². The minimum absolute atomic E-state index is 0.173. The molecule has 0 bridgehead atoms. The van der Waals surface area contributed by atoms with Crippen LogP contribution in [-0.2, 0) is 6.42 Å². The van der Waals surface area contributed by atoms with Crippen molar-refractivity contribution in [1.82, 2.24) is 4.98 Å². The maximum Gasteiger partial charge on any atom is 0.412 e. The second-order valence-corrected chi connectivity index (χ2v) is 3.64. The summed E-state index contributed by atoms with van der Waals surface area (Å²) in [7, 11) is 0. The van der Waals surface area contributed by atoms with Gasteiger partial charge in [0.05, 0.1) is 0 Å². The third kappa shape index (κ3) is 1.96. The molecule has 4 heteroatoms. The SMILES string of the molecule is C=C(Cc1c[nH]c2ccccc12)C(F)(F)F. The number of H-pyrrole nitrogens is 1. The van der Waals surface area contributed by atoms with Gasteiger partial charge in [-0.15, -0.1) is 0 Å². The number of alkyl halides is 3. The number of aromatic amines is 1. The van der Waals surface area contributed by atoms with Gasteiger partial charge in [0, 0.05) is 29.1 Å². The third-order valence-electron chi connectivity index (χ3n) is 2.48. The number of aromatic nitrogens is 1. The van der Waals surface area contributed by atoms with Crippen LogP contribution >= 0.6 is 0 Å². The molecule has 2 rings (SSSR count). The lowest BCUT2D eigenvalue weighted by Crippen LogP contribution is -2.12. The molecule has 0 aliphatic heterocycles. The molecule has 1 N–H and O–H groups in total. The van der Waals surface area contributed by atoms with E-state index in [4.69, 9.17) is 0 Å². The molecule has 2 aromatic rings. The van der Waals surface area contributed by atoms with E-state index in [1.807, 2.05) is 12.1 Å². The highest BCUT2D eigenvalue weighted by atomic mass is 19.4. The van der Waals surface area contributed by atoms with E-state index in [9.17, 15) is 13.2 Å². The van der Waals surface area contributed by atoms with E-state index in [0.29, 0.717) is 5.56 Å². The summed E-state index contributed by atoms with van der Waals surface area (Å²) in [5, 5.41) is 0.813. The number of hydrogen-bond donors (Lipinski definition) is 1. The van der Waals surface area contributed by atoms with Gasteiger partial charge in [-0.05, 0) is 11.6 Å². The summed E-state index contributed by atoms with van der Waals surface area (Å²) < 4.78 is 37.0. The normalized spacial score (nSPS) is 11.9. The van der Waals surface area contributed by atoms with Crippen LogP contribution in [0.15, 0.2) is 42.6 Å². The predicted molar refractivity (Wildman–Crippen MR) is 57.2 cm³/mol. The Morgan fingerprint density at radius 2 is 1.94 bits per heavy atom. The second-order valence-electron chi connectivity index (χ2n) is 3.64. The molecule has 0 amide bonds. The zero-order chi connectivity index (χ0) is 11.8. The van der Waals surface area contributed by atoms with Crippen molar-refractivity contribution in [2.45, 2.75) is 12.6 Å². The van der Waals surface area contributed by atoms with Gasteiger partial charge in [0.1, 0.15) is 0 Å². The lowest BCUT2D eigenvalue weighted by molar-refractivity contribution is -0.0927. The van der Waals surface area contributed by atoms with E-state index in [1.54, 1.807) is 18.3 Å². The number of allylic oxidation sites excluding steroid dienone is 1. The van der Waals surface area contributed by atoms with Crippen LogP contribution in [0, 0.1) is 0 Å². The fourth-order valence-corrected chi connectivity index (χ4v) is 1.61. The first-order chi connectivity index (χ1) is 7.48. The molecule has 0 aliphatic rings. The van der Waals surface area contributed by atoms with Gasteiger partial charge in [0.25, 0.3) is 0 Å². The van der Waals surface area contributed by atoms with E-state index in [-0.39, 0.29) is 6.42 Å². The lowest BCUT2D eigenvalue weighted by atomic mass is 10.1. The van der Waals surface area contributed by atoms with Crippen LogP contribution in [0.25, 0.3) is 10.9 Å². The molecule has 0 saturated heterocycles. The molecule has 0 unspecified atom stereocenters. The first-order valence-electron chi connectivity index (χ1n) is 4.78. The number of rotatable bonds is 2. The average Bonchev–Trinajstić information content (AvgIpc) is 2.61. The van der Waals surface area contributed by atoms with Crippen LogP contribution in [0.3, 0.4) is 0 Å². The monoisotopic (exact) mass is 225 g/mol. The maximum atomic E-state index is 12.3.